The maximum Gasteiger partial charge on any atom is 0.276 e. The predicted octanol–water partition coefficient (Wildman–Crippen LogP) is 4.04. The smallest absolute Gasteiger partial charge is 0.276 e. The number of para-hydroxylation sites is 1. The highest BCUT2D eigenvalue weighted by Gasteiger charge is 2.12. The number of anilines is 2. The highest BCUT2D eigenvalue weighted by atomic mass is 19.1. The Hall–Kier alpha value is -3.28. The van der Waals surface area contributed by atoms with E-state index in [0.29, 0.717) is 5.82 Å². The summed E-state index contributed by atoms with van der Waals surface area (Å²) in [7, 11) is 0. The second-order valence-corrected chi connectivity index (χ2v) is 5.51. The number of nitrogens with one attached hydrogen (secondary N) is 2. The molecule has 6 heteroatoms. The van der Waals surface area contributed by atoms with Gasteiger partial charge in [-0.25, -0.2) is 4.39 Å². The lowest BCUT2D eigenvalue weighted by Gasteiger charge is -2.14. The first-order valence-corrected chi connectivity index (χ1v) is 7.84. The molecule has 0 spiro atoms. The molecule has 3 aromatic rings. The molecule has 25 heavy (non-hydrogen) atoms. The van der Waals surface area contributed by atoms with Crippen LogP contribution in [-0.4, -0.2) is 16.1 Å². The van der Waals surface area contributed by atoms with Crippen LogP contribution in [0.3, 0.4) is 0 Å². The molecule has 126 valence electrons. The largest absolute Gasteiger partial charge is 0.362 e. The van der Waals surface area contributed by atoms with Crippen molar-refractivity contribution in [1.29, 1.82) is 0 Å². The Labute approximate surface area is 144 Å². The zero-order valence-corrected chi connectivity index (χ0v) is 13.6. The molecule has 0 fully saturated rings. The number of carbonyl (C=O) groups is 1. The van der Waals surface area contributed by atoms with Gasteiger partial charge in [0.05, 0.1) is 5.69 Å². The molecule has 5 nitrogen and oxygen atoms in total. The van der Waals surface area contributed by atoms with Gasteiger partial charge < -0.3 is 10.6 Å². The van der Waals surface area contributed by atoms with Crippen LogP contribution in [0, 0.1) is 5.82 Å². The van der Waals surface area contributed by atoms with Gasteiger partial charge in [0.2, 0.25) is 0 Å². The molecular weight excluding hydrogens is 319 g/mol. The predicted molar refractivity (Wildman–Crippen MR) is 94.9 cm³/mol. The minimum atomic E-state index is -0.514. The molecule has 1 amide bonds. The number of amides is 1. The topological polar surface area (TPSA) is 66.9 Å². The van der Waals surface area contributed by atoms with E-state index in [1.54, 1.807) is 24.3 Å². The third-order valence-electron chi connectivity index (χ3n) is 3.68. The minimum absolute atomic E-state index is 0.0496. The van der Waals surface area contributed by atoms with Crippen LogP contribution in [0.25, 0.3) is 0 Å². The first-order valence-electron chi connectivity index (χ1n) is 7.84. The van der Waals surface area contributed by atoms with Crippen LogP contribution in [0.15, 0.2) is 66.7 Å². The van der Waals surface area contributed by atoms with E-state index in [0.717, 1.165) is 5.56 Å². The van der Waals surface area contributed by atoms with Gasteiger partial charge in [-0.15, -0.1) is 10.2 Å². The third-order valence-corrected chi connectivity index (χ3v) is 3.68. The normalized spacial score (nSPS) is 11.6. The van der Waals surface area contributed by atoms with Crippen molar-refractivity contribution in [2.45, 2.75) is 13.0 Å². The molecule has 0 radical (unpaired) electrons. The Morgan fingerprint density at radius 1 is 0.960 bits per heavy atom. The van der Waals surface area contributed by atoms with Gasteiger partial charge in [0.1, 0.15) is 11.6 Å². The van der Waals surface area contributed by atoms with Crippen molar-refractivity contribution in [2.75, 3.05) is 10.6 Å². The van der Waals surface area contributed by atoms with Crippen LogP contribution in [0.1, 0.15) is 29.0 Å². The molecule has 3 rings (SSSR count). The van der Waals surface area contributed by atoms with Crippen LogP contribution in [0.4, 0.5) is 15.9 Å². The van der Waals surface area contributed by atoms with Crippen molar-refractivity contribution in [3.8, 4) is 0 Å². The van der Waals surface area contributed by atoms with Gasteiger partial charge in [-0.3, -0.25) is 4.79 Å². The monoisotopic (exact) mass is 336 g/mol. The Balaban J connectivity index is 1.66. The third kappa shape index (κ3) is 4.17. The number of hydrogen-bond acceptors (Lipinski definition) is 4. The van der Waals surface area contributed by atoms with E-state index in [-0.39, 0.29) is 17.4 Å². The van der Waals surface area contributed by atoms with Crippen LogP contribution in [0.2, 0.25) is 0 Å². The minimum Gasteiger partial charge on any atom is -0.362 e. The summed E-state index contributed by atoms with van der Waals surface area (Å²) in [4.78, 5) is 12.1. The molecule has 1 atom stereocenters. The van der Waals surface area contributed by atoms with Gasteiger partial charge in [0.15, 0.2) is 5.69 Å². The van der Waals surface area contributed by atoms with Crippen molar-refractivity contribution in [3.05, 3.63) is 83.8 Å². The summed E-state index contributed by atoms with van der Waals surface area (Å²) in [6.07, 6.45) is 0. The maximum atomic E-state index is 13.6. The van der Waals surface area contributed by atoms with Crippen molar-refractivity contribution >= 4 is 17.4 Å². The number of rotatable bonds is 5. The maximum absolute atomic E-state index is 13.6. The molecule has 1 unspecified atom stereocenters. The van der Waals surface area contributed by atoms with Gasteiger partial charge in [-0.1, -0.05) is 42.5 Å². The second-order valence-electron chi connectivity index (χ2n) is 5.51. The van der Waals surface area contributed by atoms with Crippen molar-refractivity contribution in [2.24, 2.45) is 0 Å². The summed E-state index contributed by atoms with van der Waals surface area (Å²) in [6.45, 7) is 2.01. The SMILES string of the molecule is CC(Nc1ccc(C(=O)Nc2ccccc2F)nn1)c1ccccc1. The summed E-state index contributed by atoms with van der Waals surface area (Å²) in [5.41, 5.74) is 1.33. The average molecular weight is 336 g/mol. The van der Waals surface area contributed by atoms with Gasteiger partial charge in [0.25, 0.3) is 5.91 Å². The Bertz CT molecular complexity index is 853. The number of aromatic nitrogens is 2. The zero-order chi connectivity index (χ0) is 17.6. The number of carbonyl (C=O) groups excluding carboxylic acids is 1. The quantitative estimate of drug-likeness (QED) is 0.738. The fourth-order valence-electron chi connectivity index (χ4n) is 2.33. The van der Waals surface area contributed by atoms with E-state index < -0.39 is 11.7 Å². The van der Waals surface area contributed by atoms with E-state index in [1.807, 2.05) is 37.3 Å². The molecule has 0 saturated heterocycles. The molecule has 1 aromatic heterocycles. The molecule has 0 aliphatic heterocycles. The van der Waals surface area contributed by atoms with Crippen LogP contribution < -0.4 is 10.6 Å². The fraction of sp³-hybridized carbons (Fsp3) is 0.105. The molecule has 0 saturated carbocycles. The van der Waals surface area contributed by atoms with Gasteiger partial charge in [-0.05, 0) is 36.8 Å². The van der Waals surface area contributed by atoms with Crippen LogP contribution >= 0.6 is 0 Å². The molecule has 2 aromatic carbocycles. The Kier molecular flexibility index (Phi) is 4.99. The van der Waals surface area contributed by atoms with E-state index in [1.165, 1.54) is 12.1 Å². The van der Waals surface area contributed by atoms with Gasteiger partial charge >= 0.3 is 0 Å². The Morgan fingerprint density at radius 2 is 1.68 bits per heavy atom. The number of halogens is 1. The average Bonchev–Trinajstić information content (AvgIpc) is 2.65. The summed E-state index contributed by atoms with van der Waals surface area (Å²) in [6, 6.07) is 19.1. The van der Waals surface area contributed by atoms with Crippen LogP contribution in [0.5, 0.6) is 0 Å². The lowest BCUT2D eigenvalue weighted by molar-refractivity contribution is 0.102. The number of hydrogen-bond donors (Lipinski definition) is 2. The molecular formula is C19H17FN4O. The highest BCUT2D eigenvalue weighted by molar-refractivity contribution is 6.02. The summed E-state index contributed by atoms with van der Waals surface area (Å²) >= 11 is 0. The van der Waals surface area contributed by atoms with Crippen molar-refractivity contribution in [1.82, 2.24) is 10.2 Å². The summed E-state index contributed by atoms with van der Waals surface area (Å²) in [5, 5.41) is 13.6. The second kappa shape index (κ2) is 7.53. The zero-order valence-electron chi connectivity index (χ0n) is 13.6. The van der Waals surface area contributed by atoms with Gasteiger partial charge in [0, 0.05) is 6.04 Å². The van der Waals surface area contributed by atoms with E-state index in [9.17, 15) is 9.18 Å². The van der Waals surface area contributed by atoms with E-state index in [4.69, 9.17) is 0 Å². The molecule has 0 aliphatic rings. The summed E-state index contributed by atoms with van der Waals surface area (Å²) in [5.74, 6) is -0.460. The van der Waals surface area contributed by atoms with Gasteiger partial charge in [-0.2, -0.15) is 0 Å². The molecule has 0 aliphatic carbocycles. The first-order chi connectivity index (χ1) is 12.1. The Morgan fingerprint density at radius 3 is 2.36 bits per heavy atom. The molecule has 2 N–H and O–H groups in total. The number of benzene rings is 2. The van der Waals surface area contributed by atoms with Crippen molar-refractivity contribution in [3.63, 3.8) is 0 Å². The van der Waals surface area contributed by atoms with E-state index >= 15 is 0 Å². The number of nitrogens with zero attached hydrogens (tertiary/aromatic N) is 2. The molecule has 1 heterocycles. The van der Waals surface area contributed by atoms with Crippen LogP contribution in [-0.2, 0) is 0 Å². The molecule has 0 bridgehead atoms. The lowest BCUT2D eigenvalue weighted by atomic mass is 10.1. The highest BCUT2D eigenvalue weighted by Crippen LogP contribution is 2.17. The fourth-order valence-corrected chi connectivity index (χ4v) is 2.33. The lowest BCUT2D eigenvalue weighted by Crippen LogP contribution is -2.16. The first kappa shape index (κ1) is 16.6. The van der Waals surface area contributed by atoms with Crippen molar-refractivity contribution < 1.29 is 9.18 Å². The summed E-state index contributed by atoms with van der Waals surface area (Å²) < 4.78 is 13.6. The standard InChI is InChI=1S/C19H17FN4O/c1-13(14-7-3-2-4-8-14)21-18-12-11-17(23-24-18)19(25)22-16-10-6-5-9-15(16)20/h2-13H,1H3,(H,21,24)(H,22,25). The van der Waals surface area contributed by atoms with E-state index in [2.05, 4.69) is 20.8 Å².